The van der Waals surface area contributed by atoms with Crippen molar-refractivity contribution in [1.29, 1.82) is 0 Å². The van der Waals surface area contributed by atoms with Crippen molar-refractivity contribution in [2.75, 3.05) is 26.6 Å². The van der Waals surface area contributed by atoms with Gasteiger partial charge in [-0.3, -0.25) is 4.40 Å². The van der Waals surface area contributed by atoms with Gasteiger partial charge in [-0.15, -0.1) is 0 Å². The predicted molar refractivity (Wildman–Crippen MR) is 112 cm³/mol. The summed E-state index contributed by atoms with van der Waals surface area (Å²) >= 11 is 0. The number of hydrogen-bond donors (Lipinski definition) is 1. The van der Waals surface area contributed by atoms with Crippen molar-refractivity contribution in [3.05, 3.63) is 66.4 Å². The van der Waals surface area contributed by atoms with E-state index in [0.29, 0.717) is 35.3 Å². The molecule has 0 saturated carbocycles. The maximum Gasteiger partial charge on any atom is 0.203 e. The standard InChI is InChI=1S/C22H21FN4O3/c1-28-18-10-14(11-19(29-2)20(18)30-3)12-25-21-22-26-13-17(27(22)9-8-24-21)15-4-6-16(23)7-5-15/h4-11,13H,12H2,1-3H3,(H,24,25). The molecule has 30 heavy (non-hydrogen) atoms. The van der Waals surface area contributed by atoms with Crippen molar-refractivity contribution < 1.29 is 18.6 Å². The highest BCUT2D eigenvalue weighted by Gasteiger charge is 2.14. The Morgan fingerprint density at radius 1 is 0.967 bits per heavy atom. The number of halogens is 1. The lowest BCUT2D eigenvalue weighted by atomic mass is 10.1. The summed E-state index contributed by atoms with van der Waals surface area (Å²) < 4.78 is 31.4. The van der Waals surface area contributed by atoms with Crippen LogP contribution in [-0.2, 0) is 6.54 Å². The molecule has 8 heteroatoms. The number of anilines is 1. The van der Waals surface area contributed by atoms with Crippen LogP contribution >= 0.6 is 0 Å². The number of ether oxygens (including phenoxy) is 3. The zero-order valence-electron chi connectivity index (χ0n) is 16.8. The van der Waals surface area contributed by atoms with Gasteiger partial charge < -0.3 is 19.5 Å². The minimum absolute atomic E-state index is 0.276. The van der Waals surface area contributed by atoms with Crippen LogP contribution in [0.2, 0.25) is 0 Å². The number of hydrogen-bond acceptors (Lipinski definition) is 6. The fourth-order valence-electron chi connectivity index (χ4n) is 3.30. The zero-order valence-corrected chi connectivity index (χ0v) is 16.8. The Kier molecular flexibility index (Phi) is 5.38. The Labute approximate surface area is 173 Å². The second-order valence-electron chi connectivity index (χ2n) is 6.51. The molecule has 0 unspecified atom stereocenters. The first-order chi connectivity index (χ1) is 14.6. The first-order valence-electron chi connectivity index (χ1n) is 9.25. The van der Waals surface area contributed by atoms with Gasteiger partial charge in [-0.2, -0.15) is 0 Å². The largest absolute Gasteiger partial charge is 0.493 e. The molecule has 0 aliphatic heterocycles. The molecule has 2 heterocycles. The molecule has 2 aromatic carbocycles. The molecule has 2 aromatic heterocycles. The third-order valence-electron chi connectivity index (χ3n) is 4.75. The quantitative estimate of drug-likeness (QED) is 0.495. The van der Waals surface area contributed by atoms with E-state index >= 15 is 0 Å². The molecular weight excluding hydrogens is 387 g/mol. The molecule has 0 radical (unpaired) electrons. The van der Waals surface area contributed by atoms with E-state index in [1.807, 2.05) is 22.7 Å². The van der Waals surface area contributed by atoms with E-state index in [0.717, 1.165) is 16.8 Å². The van der Waals surface area contributed by atoms with Gasteiger partial charge in [-0.05, 0) is 42.0 Å². The minimum Gasteiger partial charge on any atom is -0.493 e. The van der Waals surface area contributed by atoms with Crippen LogP contribution in [0.1, 0.15) is 5.56 Å². The minimum atomic E-state index is -0.276. The summed E-state index contributed by atoms with van der Waals surface area (Å²) in [4.78, 5) is 8.92. The molecule has 0 bridgehead atoms. The van der Waals surface area contributed by atoms with E-state index in [-0.39, 0.29) is 5.82 Å². The van der Waals surface area contributed by atoms with Crippen LogP contribution in [0, 0.1) is 5.82 Å². The predicted octanol–water partition coefficient (Wildman–Crippen LogP) is 4.17. The molecule has 0 saturated heterocycles. The molecule has 0 amide bonds. The number of benzene rings is 2. The third kappa shape index (κ3) is 3.59. The van der Waals surface area contributed by atoms with Gasteiger partial charge in [0.15, 0.2) is 23.0 Å². The summed E-state index contributed by atoms with van der Waals surface area (Å²) in [5, 5.41) is 3.31. The first kappa shape index (κ1) is 19.5. The Balaban J connectivity index is 1.63. The lowest BCUT2D eigenvalue weighted by Crippen LogP contribution is -2.05. The number of rotatable bonds is 7. The molecule has 154 valence electrons. The van der Waals surface area contributed by atoms with Crippen LogP contribution in [0.4, 0.5) is 10.2 Å². The average Bonchev–Trinajstić information content (AvgIpc) is 3.22. The van der Waals surface area contributed by atoms with E-state index in [9.17, 15) is 4.39 Å². The van der Waals surface area contributed by atoms with E-state index in [1.54, 1.807) is 45.9 Å². The Morgan fingerprint density at radius 3 is 2.30 bits per heavy atom. The fourth-order valence-corrected chi connectivity index (χ4v) is 3.30. The number of imidazole rings is 1. The SMILES string of the molecule is COc1cc(CNc2nccn3c(-c4ccc(F)cc4)cnc23)cc(OC)c1OC. The van der Waals surface area contributed by atoms with Gasteiger partial charge in [-0.25, -0.2) is 14.4 Å². The van der Waals surface area contributed by atoms with Crippen molar-refractivity contribution in [1.82, 2.24) is 14.4 Å². The van der Waals surface area contributed by atoms with E-state index in [4.69, 9.17) is 14.2 Å². The van der Waals surface area contributed by atoms with Crippen LogP contribution in [-0.4, -0.2) is 35.7 Å². The normalized spacial score (nSPS) is 10.8. The molecule has 0 spiro atoms. The summed E-state index contributed by atoms with van der Waals surface area (Å²) in [5.74, 6) is 2.06. The van der Waals surface area contributed by atoms with Gasteiger partial charge >= 0.3 is 0 Å². The molecule has 0 fully saturated rings. The van der Waals surface area contributed by atoms with Gasteiger partial charge in [0.1, 0.15) is 5.82 Å². The van der Waals surface area contributed by atoms with Crippen LogP contribution in [0.15, 0.2) is 55.0 Å². The highest BCUT2D eigenvalue weighted by atomic mass is 19.1. The number of nitrogens with one attached hydrogen (secondary N) is 1. The lowest BCUT2D eigenvalue weighted by molar-refractivity contribution is 0.324. The summed E-state index contributed by atoms with van der Waals surface area (Å²) in [6.07, 6.45) is 5.26. The van der Waals surface area contributed by atoms with Crippen LogP contribution in [0.3, 0.4) is 0 Å². The van der Waals surface area contributed by atoms with Crippen LogP contribution < -0.4 is 19.5 Å². The lowest BCUT2D eigenvalue weighted by Gasteiger charge is -2.14. The Morgan fingerprint density at radius 2 is 1.67 bits per heavy atom. The maximum absolute atomic E-state index is 13.3. The number of fused-ring (bicyclic) bond motifs is 1. The number of nitrogens with zero attached hydrogens (tertiary/aromatic N) is 3. The van der Waals surface area contributed by atoms with Gasteiger partial charge in [0.25, 0.3) is 0 Å². The molecular formula is C22H21FN4O3. The van der Waals surface area contributed by atoms with Gasteiger partial charge in [0.05, 0.1) is 33.2 Å². The fraction of sp³-hybridized carbons (Fsp3) is 0.182. The second kappa shape index (κ2) is 8.28. The smallest absolute Gasteiger partial charge is 0.203 e. The summed E-state index contributed by atoms with van der Waals surface area (Å²) in [6, 6.07) is 10.1. The summed E-state index contributed by atoms with van der Waals surface area (Å²) in [5.41, 5.74) is 3.32. The molecule has 7 nitrogen and oxygen atoms in total. The monoisotopic (exact) mass is 408 g/mol. The highest BCUT2D eigenvalue weighted by Crippen LogP contribution is 2.38. The molecule has 4 aromatic rings. The first-order valence-corrected chi connectivity index (χ1v) is 9.25. The van der Waals surface area contributed by atoms with Crippen molar-refractivity contribution >= 4 is 11.5 Å². The molecule has 1 N–H and O–H groups in total. The van der Waals surface area contributed by atoms with Crippen LogP contribution in [0.5, 0.6) is 17.2 Å². The van der Waals surface area contributed by atoms with E-state index in [1.165, 1.54) is 12.1 Å². The molecule has 0 atom stereocenters. The van der Waals surface area contributed by atoms with Crippen molar-refractivity contribution in [3.8, 4) is 28.5 Å². The number of methoxy groups -OCH3 is 3. The van der Waals surface area contributed by atoms with Crippen LogP contribution in [0.25, 0.3) is 16.9 Å². The van der Waals surface area contributed by atoms with Gasteiger partial charge in [0.2, 0.25) is 5.75 Å². The van der Waals surface area contributed by atoms with Gasteiger partial charge in [0, 0.05) is 24.5 Å². The molecule has 4 rings (SSSR count). The van der Waals surface area contributed by atoms with Crippen molar-refractivity contribution in [2.45, 2.75) is 6.54 Å². The molecule has 0 aliphatic rings. The number of aromatic nitrogens is 3. The van der Waals surface area contributed by atoms with Crippen molar-refractivity contribution in [2.24, 2.45) is 0 Å². The topological polar surface area (TPSA) is 69.9 Å². The van der Waals surface area contributed by atoms with Gasteiger partial charge in [-0.1, -0.05) is 0 Å². The highest BCUT2D eigenvalue weighted by molar-refractivity contribution is 5.70. The Bertz CT molecular complexity index is 1150. The molecule has 0 aliphatic carbocycles. The summed E-state index contributed by atoms with van der Waals surface area (Å²) in [6.45, 7) is 0.474. The Hall–Kier alpha value is -3.81. The third-order valence-corrected chi connectivity index (χ3v) is 4.75. The van der Waals surface area contributed by atoms with Crippen molar-refractivity contribution in [3.63, 3.8) is 0 Å². The summed E-state index contributed by atoms with van der Waals surface area (Å²) in [7, 11) is 4.73. The second-order valence-corrected chi connectivity index (χ2v) is 6.51. The van der Waals surface area contributed by atoms with E-state index in [2.05, 4.69) is 15.3 Å². The van der Waals surface area contributed by atoms with E-state index < -0.39 is 0 Å². The zero-order chi connectivity index (χ0) is 21.1. The maximum atomic E-state index is 13.3. The average molecular weight is 408 g/mol.